The van der Waals surface area contributed by atoms with Crippen LogP contribution < -0.4 is 15.8 Å². The van der Waals surface area contributed by atoms with Crippen LogP contribution in [0, 0.1) is 0 Å². The maximum Gasteiger partial charge on any atom is 0.239 e. The van der Waals surface area contributed by atoms with Crippen molar-refractivity contribution in [2.45, 2.75) is 56.7 Å². The van der Waals surface area contributed by atoms with Crippen LogP contribution in [0.2, 0.25) is 10.0 Å². The highest BCUT2D eigenvalue weighted by atomic mass is 35.5. The molecule has 1 aliphatic heterocycles. The second-order valence-corrected chi connectivity index (χ2v) is 8.68. The van der Waals surface area contributed by atoms with Gasteiger partial charge in [0, 0.05) is 11.1 Å². The Balaban J connectivity index is 1.58. The van der Waals surface area contributed by atoms with Gasteiger partial charge in [-0.2, -0.15) is 0 Å². The number of phenolic OH excluding ortho intramolecular Hbond substituents is 1. The second-order valence-electron chi connectivity index (χ2n) is 7.83. The predicted molar refractivity (Wildman–Crippen MR) is 116 cm³/mol. The molecule has 0 spiro atoms. The number of anilines is 1. The molecule has 0 radical (unpaired) electrons. The lowest BCUT2D eigenvalue weighted by molar-refractivity contribution is -0.123. The van der Waals surface area contributed by atoms with Gasteiger partial charge in [0.1, 0.15) is 11.8 Å². The topological polar surface area (TPSA) is 64.6 Å². The Bertz CT molecular complexity index is 869. The van der Waals surface area contributed by atoms with Gasteiger partial charge >= 0.3 is 0 Å². The van der Waals surface area contributed by atoms with Gasteiger partial charge < -0.3 is 10.4 Å². The van der Waals surface area contributed by atoms with Crippen LogP contribution in [0.15, 0.2) is 42.5 Å². The Morgan fingerprint density at radius 1 is 1.07 bits per heavy atom. The number of hydrogen-bond donors (Lipinski definition) is 3. The Morgan fingerprint density at radius 3 is 2.48 bits per heavy atom. The van der Waals surface area contributed by atoms with Crippen LogP contribution in [0.4, 0.5) is 5.69 Å². The lowest BCUT2D eigenvalue weighted by Crippen LogP contribution is -2.48. The Labute approximate surface area is 181 Å². The van der Waals surface area contributed by atoms with Crippen molar-refractivity contribution < 1.29 is 9.90 Å². The average Bonchev–Trinajstić information content (AvgIpc) is 3.14. The summed E-state index contributed by atoms with van der Waals surface area (Å²) < 4.78 is 0. The van der Waals surface area contributed by atoms with Crippen LogP contribution in [-0.2, 0) is 4.79 Å². The first-order chi connectivity index (χ1) is 14.0. The Hall–Kier alpha value is -1.95. The van der Waals surface area contributed by atoms with Gasteiger partial charge in [0.15, 0.2) is 0 Å². The molecule has 1 amide bonds. The van der Waals surface area contributed by atoms with Crippen LogP contribution in [-0.4, -0.2) is 23.1 Å². The van der Waals surface area contributed by atoms with Gasteiger partial charge in [-0.1, -0.05) is 54.6 Å². The van der Waals surface area contributed by atoms with Crippen molar-refractivity contribution in [3.05, 3.63) is 58.1 Å². The summed E-state index contributed by atoms with van der Waals surface area (Å²) in [7, 11) is 0. The van der Waals surface area contributed by atoms with E-state index in [1.165, 1.54) is 19.3 Å². The highest BCUT2D eigenvalue weighted by Gasteiger charge is 2.38. The third-order valence-electron chi connectivity index (χ3n) is 5.78. The van der Waals surface area contributed by atoms with Crippen LogP contribution in [0.3, 0.4) is 0 Å². The Morgan fingerprint density at radius 2 is 1.79 bits per heavy atom. The number of nitrogens with one attached hydrogen (secondary N) is 2. The minimum Gasteiger partial charge on any atom is -0.508 e. The van der Waals surface area contributed by atoms with E-state index < -0.39 is 0 Å². The maximum atomic E-state index is 13.0. The summed E-state index contributed by atoms with van der Waals surface area (Å²) in [4.78, 5) is 13.0. The van der Waals surface area contributed by atoms with E-state index >= 15 is 0 Å². The number of halogens is 2. The third-order valence-corrected chi connectivity index (χ3v) is 6.32. The molecule has 1 aliphatic carbocycles. The fourth-order valence-corrected chi connectivity index (χ4v) is 4.75. The van der Waals surface area contributed by atoms with E-state index in [2.05, 4.69) is 10.7 Å². The first-order valence-corrected chi connectivity index (χ1v) is 10.9. The van der Waals surface area contributed by atoms with Crippen LogP contribution in [0.1, 0.15) is 50.1 Å². The van der Waals surface area contributed by atoms with E-state index in [1.54, 1.807) is 24.3 Å². The first-order valence-electron chi connectivity index (χ1n) is 10.1. The summed E-state index contributed by atoms with van der Waals surface area (Å²) in [6, 6.07) is 12.2. The number of rotatable bonds is 4. The highest BCUT2D eigenvalue weighted by molar-refractivity contribution is 6.36. The number of nitrogens with zero attached hydrogens (tertiary/aromatic N) is 1. The number of carbonyl (C=O) groups is 1. The molecule has 2 unspecified atom stereocenters. The van der Waals surface area contributed by atoms with E-state index in [1.807, 2.05) is 23.2 Å². The molecule has 2 aromatic rings. The smallest absolute Gasteiger partial charge is 0.239 e. The molecule has 1 saturated carbocycles. The number of phenols is 1. The fraction of sp³-hybridized carbons (Fsp3) is 0.409. The molecule has 7 heteroatoms. The van der Waals surface area contributed by atoms with Crippen molar-refractivity contribution in [1.29, 1.82) is 0 Å². The molecule has 0 bridgehead atoms. The minimum absolute atomic E-state index is 0.0215. The predicted octanol–water partition coefficient (Wildman–Crippen LogP) is 4.97. The zero-order valence-electron chi connectivity index (χ0n) is 16.1. The van der Waals surface area contributed by atoms with Gasteiger partial charge in [0.2, 0.25) is 5.91 Å². The average molecular weight is 434 g/mol. The molecule has 1 heterocycles. The molecular weight excluding hydrogens is 409 g/mol. The molecule has 5 nitrogen and oxygen atoms in total. The van der Waals surface area contributed by atoms with Gasteiger partial charge in [-0.15, -0.1) is 0 Å². The van der Waals surface area contributed by atoms with Crippen molar-refractivity contribution in [1.82, 2.24) is 10.7 Å². The zero-order chi connectivity index (χ0) is 20.4. The van der Waals surface area contributed by atoms with Gasteiger partial charge in [0.05, 0.1) is 16.8 Å². The standard InChI is InChI=1S/C22H25Cl2N3O2/c23-15-8-11-20(18(24)12-15)27-21(14-6-9-17(28)10-7-14)13-19(26-27)22(29)25-16-4-2-1-3-5-16/h6-12,16,19,21,26,28H,1-5,13H2,(H,25,29). The van der Waals surface area contributed by atoms with Crippen molar-refractivity contribution in [3.8, 4) is 5.75 Å². The Kier molecular flexibility index (Phi) is 6.18. The van der Waals surface area contributed by atoms with Crippen LogP contribution in [0.25, 0.3) is 0 Å². The van der Waals surface area contributed by atoms with Gasteiger partial charge in [-0.3, -0.25) is 9.80 Å². The minimum atomic E-state index is -0.359. The summed E-state index contributed by atoms with van der Waals surface area (Å²) in [6.45, 7) is 0. The monoisotopic (exact) mass is 433 g/mol. The summed E-state index contributed by atoms with van der Waals surface area (Å²) in [5, 5.41) is 15.9. The number of carbonyl (C=O) groups excluding carboxylic acids is 1. The van der Waals surface area contributed by atoms with E-state index in [4.69, 9.17) is 23.2 Å². The summed E-state index contributed by atoms with van der Waals surface area (Å²) in [5.41, 5.74) is 5.11. The van der Waals surface area contributed by atoms with E-state index in [-0.39, 0.29) is 29.8 Å². The molecule has 2 atom stereocenters. The largest absolute Gasteiger partial charge is 0.508 e. The molecule has 2 fully saturated rings. The van der Waals surface area contributed by atoms with Crippen molar-refractivity contribution >= 4 is 34.8 Å². The molecule has 2 aromatic carbocycles. The molecule has 3 N–H and O–H groups in total. The van der Waals surface area contributed by atoms with Crippen LogP contribution in [0.5, 0.6) is 5.75 Å². The first kappa shape index (κ1) is 20.3. The zero-order valence-corrected chi connectivity index (χ0v) is 17.6. The van der Waals surface area contributed by atoms with Gasteiger partial charge in [-0.05, 0) is 55.2 Å². The van der Waals surface area contributed by atoms with Crippen molar-refractivity contribution in [3.63, 3.8) is 0 Å². The molecule has 1 saturated heterocycles. The number of hydrazine groups is 1. The third kappa shape index (κ3) is 4.63. The molecule has 0 aromatic heterocycles. The number of hydrogen-bond acceptors (Lipinski definition) is 4. The van der Waals surface area contributed by atoms with E-state index in [0.717, 1.165) is 24.1 Å². The lowest BCUT2D eigenvalue weighted by atomic mass is 9.95. The number of amides is 1. The number of benzene rings is 2. The maximum absolute atomic E-state index is 13.0. The van der Waals surface area contributed by atoms with E-state index in [9.17, 15) is 9.90 Å². The van der Waals surface area contributed by atoms with Gasteiger partial charge in [0.25, 0.3) is 0 Å². The normalized spacial score (nSPS) is 22.6. The molecule has 2 aliphatic rings. The van der Waals surface area contributed by atoms with Crippen LogP contribution >= 0.6 is 23.2 Å². The fourth-order valence-electron chi connectivity index (χ4n) is 4.25. The lowest BCUT2D eigenvalue weighted by Gasteiger charge is -2.28. The molecule has 29 heavy (non-hydrogen) atoms. The summed E-state index contributed by atoms with van der Waals surface area (Å²) in [5.74, 6) is 0.232. The SMILES string of the molecule is O=C(NC1CCCCC1)C1CC(c2ccc(O)cc2)N(c2ccc(Cl)cc2Cl)N1. The number of aromatic hydroxyl groups is 1. The highest BCUT2D eigenvalue weighted by Crippen LogP contribution is 2.39. The van der Waals surface area contributed by atoms with Crippen molar-refractivity contribution in [2.75, 3.05) is 5.01 Å². The van der Waals surface area contributed by atoms with Crippen molar-refractivity contribution in [2.24, 2.45) is 0 Å². The second kappa shape index (κ2) is 8.82. The molecule has 4 rings (SSSR count). The van der Waals surface area contributed by atoms with E-state index in [0.29, 0.717) is 16.5 Å². The molecular formula is C22H25Cl2N3O2. The summed E-state index contributed by atoms with van der Waals surface area (Å²) in [6.07, 6.45) is 6.29. The quantitative estimate of drug-likeness (QED) is 0.636. The summed E-state index contributed by atoms with van der Waals surface area (Å²) >= 11 is 12.5. The van der Waals surface area contributed by atoms with Gasteiger partial charge in [-0.25, -0.2) is 5.43 Å². The molecule has 154 valence electrons.